The van der Waals surface area contributed by atoms with Crippen molar-refractivity contribution < 1.29 is 9.59 Å². The van der Waals surface area contributed by atoms with Crippen LogP contribution in [0.15, 0.2) is 12.3 Å². The van der Waals surface area contributed by atoms with Gasteiger partial charge in [0.05, 0.1) is 17.8 Å². The van der Waals surface area contributed by atoms with Crippen LogP contribution in [0.5, 0.6) is 0 Å². The van der Waals surface area contributed by atoms with E-state index in [9.17, 15) is 9.59 Å². The first kappa shape index (κ1) is 17.7. The lowest BCUT2D eigenvalue weighted by atomic mass is 9.75. The fourth-order valence-corrected chi connectivity index (χ4v) is 5.74. The van der Waals surface area contributed by atoms with Crippen LogP contribution in [-0.4, -0.2) is 57.3 Å². The summed E-state index contributed by atoms with van der Waals surface area (Å²) < 4.78 is 1.88. The number of piperidine rings is 1. The number of aryl methyl sites for hydroxylation is 1. The molecule has 0 bridgehead atoms. The lowest BCUT2D eigenvalue weighted by Gasteiger charge is -2.52. The second kappa shape index (κ2) is 7.13. The van der Waals surface area contributed by atoms with Crippen LogP contribution in [-0.2, 0) is 11.3 Å². The number of hydrogen-bond donors (Lipinski definition) is 2. The quantitative estimate of drug-likeness (QED) is 0.841. The predicted octanol–water partition coefficient (Wildman–Crippen LogP) is 1.76. The molecule has 1 spiro atoms. The summed E-state index contributed by atoms with van der Waals surface area (Å²) in [5.41, 5.74) is 1.32. The van der Waals surface area contributed by atoms with Crippen molar-refractivity contribution in [2.45, 2.75) is 51.2 Å². The lowest BCUT2D eigenvalue weighted by molar-refractivity contribution is -0.124. The molecule has 2 atom stereocenters. The van der Waals surface area contributed by atoms with Gasteiger partial charge in [0.25, 0.3) is 0 Å². The van der Waals surface area contributed by atoms with Gasteiger partial charge in [0, 0.05) is 37.7 Å². The molecule has 7 nitrogen and oxygen atoms in total. The van der Waals surface area contributed by atoms with Gasteiger partial charge in [-0.3, -0.25) is 9.48 Å². The van der Waals surface area contributed by atoms with Crippen molar-refractivity contribution >= 4 is 23.7 Å². The number of likely N-dealkylation sites (tertiary alicyclic amines) is 1. The molecule has 2 unspecified atom stereocenters. The summed E-state index contributed by atoms with van der Waals surface area (Å²) in [4.78, 5) is 26.6. The second-order valence-corrected chi connectivity index (χ2v) is 8.90. The highest BCUT2D eigenvalue weighted by Gasteiger charge is 2.46. The van der Waals surface area contributed by atoms with E-state index < -0.39 is 0 Å². The lowest BCUT2D eigenvalue weighted by Crippen LogP contribution is -2.63. The smallest absolute Gasteiger partial charge is 0.317 e. The van der Waals surface area contributed by atoms with Crippen molar-refractivity contribution in [3.8, 4) is 0 Å². The standard InChI is InChI=1S/C18H27N5O2S/c1-2-23-14(5-8-19-23)16-13(3-4-15(24)21-16)20-17(25)22-11-18(12-22)6-9-26-10-7-18/h5,8,13,16H,2-4,6-7,9-12H2,1H3,(H,20,25)(H,21,24). The fourth-order valence-electron chi connectivity index (χ4n) is 4.38. The van der Waals surface area contributed by atoms with Crippen LogP contribution < -0.4 is 10.6 Å². The number of carbonyl (C=O) groups excluding carboxylic acids is 2. The first-order valence-corrected chi connectivity index (χ1v) is 10.7. The Morgan fingerprint density at radius 1 is 1.42 bits per heavy atom. The minimum atomic E-state index is -0.219. The maximum atomic E-state index is 12.7. The van der Waals surface area contributed by atoms with Crippen molar-refractivity contribution in [1.82, 2.24) is 25.3 Å². The highest BCUT2D eigenvalue weighted by atomic mass is 32.2. The van der Waals surface area contributed by atoms with E-state index in [0.29, 0.717) is 18.3 Å². The molecule has 4 heterocycles. The number of hydrogen-bond acceptors (Lipinski definition) is 4. The monoisotopic (exact) mass is 377 g/mol. The first-order chi connectivity index (χ1) is 12.6. The molecule has 142 valence electrons. The molecule has 0 aromatic carbocycles. The highest BCUT2D eigenvalue weighted by Crippen LogP contribution is 2.42. The number of rotatable bonds is 3. The highest BCUT2D eigenvalue weighted by molar-refractivity contribution is 7.99. The zero-order valence-corrected chi connectivity index (χ0v) is 16.1. The van der Waals surface area contributed by atoms with Gasteiger partial charge >= 0.3 is 6.03 Å². The average molecular weight is 378 g/mol. The Bertz CT molecular complexity index is 677. The maximum absolute atomic E-state index is 12.7. The molecule has 4 rings (SSSR count). The van der Waals surface area contributed by atoms with Crippen LogP contribution in [0.2, 0.25) is 0 Å². The zero-order chi connectivity index (χ0) is 18.1. The van der Waals surface area contributed by atoms with Gasteiger partial charge in [0.1, 0.15) is 0 Å². The van der Waals surface area contributed by atoms with Gasteiger partial charge in [-0.05, 0) is 43.8 Å². The van der Waals surface area contributed by atoms with Crippen LogP contribution in [0.3, 0.4) is 0 Å². The zero-order valence-electron chi connectivity index (χ0n) is 15.2. The molecule has 1 aromatic rings. The third kappa shape index (κ3) is 3.31. The van der Waals surface area contributed by atoms with Crippen molar-refractivity contribution in [1.29, 1.82) is 0 Å². The van der Waals surface area contributed by atoms with E-state index in [2.05, 4.69) is 15.7 Å². The van der Waals surface area contributed by atoms with Crippen LogP contribution in [0.25, 0.3) is 0 Å². The van der Waals surface area contributed by atoms with Gasteiger partial charge in [-0.25, -0.2) is 4.79 Å². The molecule has 3 fully saturated rings. The Balaban J connectivity index is 1.41. The molecule has 1 aromatic heterocycles. The molecule has 3 amide bonds. The topological polar surface area (TPSA) is 79.3 Å². The molecule has 3 aliphatic heterocycles. The Morgan fingerprint density at radius 3 is 2.92 bits per heavy atom. The molecule has 3 saturated heterocycles. The molecular weight excluding hydrogens is 350 g/mol. The van der Waals surface area contributed by atoms with E-state index in [0.717, 1.165) is 25.3 Å². The minimum absolute atomic E-state index is 0.00237. The molecule has 26 heavy (non-hydrogen) atoms. The number of urea groups is 1. The van der Waals surface area contributed by atoms with E-state index in [-0.39, 0.29) is 24.0 Å². The summed E-state index contributed by atoms with van der Waals surface area (Å²) in [6.45, 7) is 4.50. The molecule has 8 heteroatoms. The van der Waals surface area contributed by atoms with Crippen molar-refractivity contribution in [2.75, 3.05) is 24.6 Å². The maximum Gasteiger partial charge on any atom is 0.317 e. The largest absolute Gasteiger partial charge is 0.346 e. The fraction of sp³-hybridized carbons (Fsp3) is 0.722. The summed E-state index contributed by atoms with van der Waals surface area (Å²) in [5.74, 6) is 2.47. The normalized spacial score (nSPS) is 27.7. The summed E-state index contributed by atoms with van der Waals surface area (Å²) >= 11 is 2.02. The second-order valence-electron chi connectivity index (χ2n) is 7.68. The van der Waals surface area contributed by atoms with E-state index in [1.165, 1.54) is 24.3 Å². The van der Waals surface area contributed by atoms with Crippen LogP contribution in [0.4, 0.5) is 4.79 Å². The Kier molecular flexibility index (Phi) is 4.86. The number of amides is 3. The van der Waals surface area contributed by atoms with E-state index in [4.69, 9.17) is 0 Å². The number of aromatic nitrogens is 2. The number of thioether (sulfide) groups is 1. The van der Waals surface area contributed by atoms with Gasteiger partial charge in [-0.15, -0.1) is 0 Å². The van der Waals surface area contributed by atoms with E-state index in [1.54, 1.807) is 6.20 Å². The SMILES string of the molecule is CCn1nccc1C1NC(=O)CCC1NC(=O)N1CC2(CCSCC2)C1. The number of carbonyl (C=O) groups is 2. The summed E-state index contributed by atoms with van der Waals surface area (Å²) in [7, 11) is 0. The van der Waals surface area contributed by atoms with Gasteiger partial charge in [-0.2, -0.15) is 16.9 Å². The Labute approximate surface area is 158 Å². The number of nitrogens with zero attached hydrogens (tertiary/aromatic N) is 3. The summed E-state index contributed by atoms with van der Waals surface area (Å²) in [6, 6.07) is 1.62. The Hall–Kier alpha value is -1.70. The number of nitrogens with one attached hydrogen (secondary N) is 2. The first-order valence-electron chi connectivity index (χ1n) is 9.54. The van der Waals surface area contributed by atoms with Crippen LogP contribution in [0.1, 0.15) is 44.3 Å². The molecule has 0 saturated carbocycles. The molecule has 0 radical (unpaired) electrons. The molecule has 2 N–H and O–H groups in total. The third-order valence-electron chi connectivity index (χ3n) is 5.97. The molecule has 3 aliphatic rings. The summed E-state index contributed by atoms with van der Waals surface area (Å²) in [5, 5.41) is 10.5. The van der Waals surface area contributed by atoms with Gasteiger partial charge in [0.2, 0.25) is 5.91 Å². The minimum Gasteiger partial charge on any atom is -0.346 e. The van der Waals surface area contributed by atoms with E-state index in [1.807, 2.05) is 34.3 Å². The van der Waals surface area contributed by atoms with Crippen LogP contribution >= 0.6 is 11.8 Å². The average Bonchev–Trinajstić information content (AvgIpc) is 3.10. The van der Waals surface area contributed by atoms with Crippen LogP contribution in [0, 0.1) is 5.41 Å². The summed E-state index contributed by atoms with van der Waals surface area (Å²) in [6.07, 6.45) is 5.30. The predicted molar refractivity (Wildman–Crippen MR) is 101 cm³/mol. The molecular formula is C18H27N5O2S. The van der Waals surface area contributed by atoms with Crippen molar-refractivity contribution in [3.05, 3.63) is 18.0 Å². The van der Waals surface area contributed by atoms with Crippen molar-refractivity contribution in [2.24, 2.45) is 5.41 Å². The van der Waals surface area contributed by atoms with Gasteiger partial charge in [0.15, 0.2) is 0 Å². The van der Waals surface area contributed by atoms with Gasteiger partial charge in [-0.1, -0.05) is 0 Å². The van der Waals surface area contributed by atoms with Crippen molar-refractivity contribution in [3.63, 3.8) is 0 Å². The third-order valence-corrected chi connectivity index (χ3v) is 6.96. The molecule has 0 aliphatic carbocycles. The Morgan fingerprint density at radius 2 is 2.19 bits per heavy atom. The van der Waals surface area contributed by atoms with E-state index >= 15 is 0 Å². The van der Waals surface area contributed by atoms with Gasteiger partial charge < -0.3 is 15.5 Å².